The molecule has 0 radical (unpaired) electrons. The van der Waals surface area contributed by atoms with E-state index in [0.717, 1.165) is 5.70 Å². The second-order valence-electron chi connectivity index (χ2n) is 10.8. The van der Waals surface area contributed by atoms with Crippen molar-refractivity contribution in [1.82, 2.24) is 25.0 Å². The number of esters is 1. The number of aliphatic imine (C=N–C) groups is 1. The molecule has 226 valence electrons. The number of fused-ring (bicyclic) bond motifs is 1. The Kier molecular flexibility index (Phi) is 8.10. The number of hydrogen-bond donors (Lipinski definition) is 2. The molecule has 2 N–H and O–H groups in total. The number of amides is 2. The van der Waals surface area contributed by atoms with Gasteiger partial charge in [-0.1, -0.05) is 23.7 Å². The van der Waals surface area contributed by atoms with E-state index in [2.05, 4.69) is 10.3 Å². The fourth-order valence-corrected chi connectivity index (χ4v) is 6.93. The average Bonchev–Trinajstić information content (AvgIpc) is 3.75. The van der Waals surface area contributed by atoms with Crippen molar-refractivity contribution in [3.63, 3.8) is 0 Å². The highest BCUT2D eigenvalue weighted by Crippen LogP contribution is 2.38. The van der Waals surface area contributed by atoms with E-state index >= 15 is 0 Å². The SMILES string of the molecule is CCOC(=O)C1=C(CN2C=C3CN([C@H]4CCC(C(=O)O)C4)C(=O)N3CC2)NC(c2nccs2)=NC1c1cccc(F)c1Cl. The summed E-state index contributed by atoms with van der Waals surface area (Å²) in [5, 5.41) is 15.0. The number of nitrogens with one attached hydrogen (secondary N) is 1. The van der Waals surface area contributed by atoms with Gasteiger partial charge in [0.1, 0.15) is 11.9 Å². The zero-order valence-electron chi connectivity index (χ0n) is 23.3. The number of ether oxygens (including phenoxy) is 1. The van der Waals surface area contributed by atoms with E-state index in [1.807, 2.05) is 16.5 Å². The molecule has 3 aliphatic heterocycles. The molecule has 4 heterocycles. The standard InChI is InChI=1S/C29H30ClFN6O5S/c1-2-42-28(40)22-21(33-25(26-32-8-11-43-26)34-24(22)19-4-3-5-20(31)23(19)30)15-35-9-10-36-18(13-35)14-37(29(36)41)17-7-6-16(12-17)27(38)39/h3-5,8,11,13,16-17,24H,2,6-7,9-10,12,14-15H2,1H3,(H,33,34)(H,38,39)/t16?,17-,24?/m0/s1. The Labute approximate surface area is 256 Å². The van der Waals surface area contributed by atoms with E-state index in [4.69, 9.17) is 21.3 Å². The second kappa shape index (κ2) is 12.0. The van der Waals surface area contributed by atoms with Crippen LogP contribution in [-0.4, -0.2) is 87.4 Å². The molecule has 2 aromatic rings. The van der Waals surface area contributed by atoms with E-state index in [1.54, 1.807) is 29.0 Å². The summed E-state index contributed by atoms with van der Waals surface area (Å²) in [6.07, 6.45) is 5.23. The Morgan fingerprint density at radius 1 is 1.28 bits per heavy atom. The average molecular weight is 629 g/mol. The summed E-state index contributed by atoms with van der Waals surface area (Å²) in [4.78, 5) is 52.8. The number of carbonyl (C=O) groups is 3. The van der Waals surface area contributed by atoms with Crippen molar-refractivity contribution in [2.75, 3.05) is 32.8 Å². The topological polar surface area (TPSA) is 128 Å². The Bertz CT molecular complexity index is 1550. The molecular formula is C29H30ClFN6O5S. The van der Waals surface area contributed by atoms with Crippen LogP contribution in [0, 0.1) is 11.7 Å². The number of thiazole rings is 1. The maximum absolute atomic E-state index is 14.6. The summed E-state index contributed by atoms with van der Waals surface area (Å²) in [5.41, 5.74) is 1.86. The third-order valence-electron chi connectivity index (χ3n) is 8.19. The number of rotatable bonds is 8. The summed E-state index contributed by atoms with van der Waals surface area (Å²) in [6.45, 7) is 3.40. The van der Waals surface area contributed by atoms with Crippen LogP contribution in [-0.2, 0) is 14.3 Å². The van der Waals surface area contributed by atoms with Crippen molar-refractivity contribution < 1.29 is 28.6 Å². The fraction of sp³-hybridized carbons (Fsp3) is 0.414. The minimum Gasteiger partial charge on any atom is -0.481 e. The number of urea groups is 1. The van der Waals surface area contributed by atoms with Gasteiger partial charge in [-0.3, -0.25) is 14.7 Å². The summed E-state index contributed by atoms with van der Waals surface area (Å²) in [5.74, 6) is -2.05. The first kappa shape index (κ1) is 29.1. The number of benzene rings is 1. The molecule has 1 saturated heterocycles. The molecule has 1 aromatic heterocycles. The number of hydrogen-bond acceptors (Lipinski definition) is 9. The molecule has 1 saturated carbocycles. The molecule has 2 unspecified atom stereocenters. The van der Waals surface area contributed by atoms with E-state index < -0.39 is 29.7 Å². The normalized spacial score (nSPS) is 23.7. The smallest absolute Gasteiger partial charge is 0.338 e. The van der Waals surface area contributed by atoms with Gasteiger partial charge in [-0.25, -0.2) is 19.0 Å². The van der Waals surface area contributed by atoms with Crippen molar-refractivity contribution in [3.05, 3.63) is 74.4 Å². The predicted molar refractivity (Wildman–Crippen MR) is 157 cm³/mol. The molecule has 43 heavy (non-hydrogen) atoms. The third kappa shape index (κ3) is 5.58. The molecule has 0 bridgehead atoms. The van der Waals surface area contributed by atoms with Crippen molar-refractivity contribution >= 4 is 46.7 Å². The summed E-state index contributed by atoms with van der Waals surface area (Å²) in [7, 11) is 0. The Hall–Kier alpha value is -3.97. The lowest BCUT2D eigenvalue weighted by Crippen LogP contribution is -2.44. The van der Waals surface area contributed by atoms with Crippen molar-refractivity contribution in [3.8, 4) is 0 Å². The number of aliphatic carboxylic acids is 1. The van der Waals surface area contributed by atoms with Gasteiger partial charge in [0.05, 0.1) is 41.9 Å². The monoisotopic (exact) mass is 628 g/mol. The summed E-state index contributed by atoms with van der Waals surface area (Å²) < 4.78 is 20.0. The molecule has 6 rings (SSSR count). The molecule has 3 atom stereocenters. The largest absolute Gasteiger partial charge is 0.481 e. The molecule has 1 aromatic carbocycles. The van der Waals surface area contributed by atoms with E-state index in [1.165, 1.54) is 23.5 Å². The quantitative estimate of drug-likeness (QED) is 0.420. The van der Waals surface area contributed by atoms with Crippen LogP contribution in [0.5, 0.6) is 0 Å². The van der Waals surface area contributed by atoms with Crippen molar-refractivity contribution in [2.24, 2.45) is 10.9 Å². The van der Waals surface area contributed by atoms with Gasteiger partial charge in [-0.05, 0) is 32.3 Å². The van der Waals surface area contributed by atoms with E-state index in [-0.39, 0.29) is 35.8 Å². The number of carboxylic acids is 1. The highest BCUT2D eigenvalue weighted by molar-refractivity contribution is 7.11. The Morgan fingerprint density at radius 2 is 2.12 bits per heavy atom. The van der Waals surface area contributed by atoms with Crippen LogP contribution in [0.3, 0.4) is 0 Å². The van der Waals surface area contributed by atoms with Crippen LogP contribution < -0.4 is 5.32 Å². The van der Waals surface area contributed by atoms with Crippen LogP contribution in [0.2, 0.25) is 5.02 Å². The summed E-state index contributed by atoms with van der Waals surface area (Å²) >= 11 is 7.77. The lowest BCUT2D eigenvalue weighted by atomic mass is 9.95. The van der Waals surface area contributed by atoms with Crippen LogP contribution in [0.25, 0.3) is 0 Å². The molecule has 14 heteroatoms. The summed E-state index contributed by atoms with van der Waals surface area (Å²) in [6, 6.07) is 3.24. The maximum Gasteiger partial charge on any atom is 0.338 e. The van der Waals surface area contributed by atoms with Crippen molar-refractivity contribution in [1.29, 1.82) is 0 Å². The highest BCUT2D eigenvalue weighted by Gasteiger charge is 2.43. The predicted octanol–water partition coefficient (Wildman–Crippen LogP) is 3.99. The van der Waals surface area contributed by atoms with Gasteiger partial charge in [0.15, 0.2) is 10.8 Å². The van der Waals surface area contributed by atoms with Crippen LogP contribution in [0.4, 0.5) is 9.18 Å². The zero-order valence-corrected chi connectivity index (χ0v) is 24.9. The van der Waals surface area contributed by atoms with Gasteiger partial charge in [-0.15, -0.1) is 11.3 Å². The van der Waals surface area contributed by atoms with Crippen LogP contribution in [0.1, 0.15) is 42.8 Å². The molecular weight excluding hydrogens is 599 g/mol. The minimum absolute atomic E-state index is 0.108. The van der Waals surface area contributed by atoms with Crippen LogP contribution >= 0.6 is 22.9 Å². The highest BCUT2D eigenvalue weighted by atomic mass is 35.5. The molecule has 11 nitrogen and oxygen atoms in total. The molecule has 2 amide bonds. The lowest BCUT2D eigenvalue weighted by Gasteiger charge is -2.34. The van der Waals surface area contributed by atoms with Gasteiger partial charge in [0.2, 0.25) is 0 Å². The minimum atomic E-state index is -0.945. The molecule has 1 aliphatic carbocycles. The van der Waals surface area contributed by atoms with Gasteiger partial charge in [-0.2, -0.15) is 0 Å². The lowest BCUT2D eigenvalue weighted by molar-refractivity contribution is -0.141. The van der Waals surface area contributed by atoms with Crippen molar-refractivity contribution in [2.45, 2.75) is 38.3 Å². The van der Waals surface area contributed by atoms with Gasteiger partial charge >= 0.3 is 18.0 Å². The third-order valence-corrected chi connectivity index (χ3v) is 9.37. The van der Waals surface area contributed by atoms with E-state index in [0.29, 0.717) is 61.0 Å². The number of nitrogens with zero attached hydrogens (tertiary/aromatic N) is 5. The Morgan fingerprint density at radius 3 is 2.84 bits per heavy atom. The number of carboxylic acid groups (broad SMARTS) is 1. The van der Waals surface area contributed by atoms with E-state index in [9.17, 15) is 23.9 Å². The van der Waals surface area contributed by atoms with Gasteiger partial charge in [0, 0.05) is 48.2 Å². The number of carbonyl (C=O) groups excluding carboxylic acids is 2. The maximum atomic E-state index is 14.6. The zero-order chi connectivity index (χ0) is 30.2. The van der Waals surface area contributed by atoms with Gasteiger partial charge < -0.3 is 25.0 Å². The Balaban J connectivity index is 1.32. The first-order valence-corrected chi connectivity index (χ1v) is 15.3. The number of halogens is 2. The number of aromatic nitrogens is 1. The first-order valence-electron chi connectivity index (χ1n) is 14.1. The fourth-order valence-electron chi connectivity index (χ4n) is 6.11. The second-order valence-corrected chi connectivity index (χ2v) is 12.0. The molecule has 2 fully saturated rings. The van der Waals surface area contributed by atoms with Gasteiger partial charge in [0.25, 0.3) is 0 Å². The molecule has 4 aliphatic rings. The van der Waals surface area contributed by atoms with Crippen LogP contribution in [0.15, 0.2) is 57.9 Å². The first-order chi connectivity index (χ1) is 20.7. The number of amidine groups is 1. The molecule has 0 spiro atoms.